The molecular weight excluding hydrogens is 422 g/mol. The number of anilines is 1. The Kier molecular flexibility index (Phi) is 6.17. The van der Waals surface area contributed by atoms with Crippen molar-refractivity contribution in [3.8, 4) is 0 Å². The predicted octanol–water partition coefficient (Wildman–Crippen LogP) is 3.91. The van der Waals surface area contributed by atoms with Crippen molar-refractivity contribution in [3.63, 3.8) is 0 Å². The van der Waals surface area contributed by atoms with Crippen molar-refractivity contribution in [2.24, 2.45) is 0 Å². The molecule has 166 valence electrons. The summed E-state index contributed by atoms with van der Waals surface area (Å²) < 4.78 is 11.6. The van der Waals surface area contributed by atoms with E-state index in [0.29, 0.717) is 22.8 Å². The van der Waals surface area contributed by atoms with Gasteiger partial charge in [0.2, 0.25) is 5.91 Å². The number of carbonyl (C=O) groups excluding carboxylic acids is 2. The van der Waals surface area contributed by atoms with Crippen LogP contribution in [0.4, 0.5) is 5.69 Å². The fourth-order valence-electron chi connectivity index (χ4n) is 3.16. The zero-order valence-electron chi connectivity index (χ0n) is 18.1. The van der Waals surface area contributed by atoms with Crippen LogP contribution in [-0.2, 0) is 16.1 Å². The molecule has 0 aliphatic rings. The van der Waals surface area contributed by atoms with Crippen LogP contribution in [0, 0.1) is 13.8 Å². The second-order valence-electron chi connectivity index (χ2n) is 7.42. The lowest BCUT2D eigenvalue weighted by Crippen LogP contribution is -2.15. The van der Waals surface area contributed by atoms with Gasteiger partial charge in [0.15, 0.2) is 5.65 Å². The van der Waals surface area contributed by atoms with E-state index in [1.165, 1.54) is 12.1 Å². The van der Waals surface area contributed by atoms with Crippen LogP contribution < -0.4 is 10.9 Å². The van der Waals surface area contributed by atoms with Gasteiger partial charge in [0, 0.05) is 23.9 Å². The third-order valence-electron chi connectivity index (χ3n) is 4.83. The average Bonchev–Trinajstić information content (AvgIpc) is 3.19. The molecule has 8 nitrogen and oxygen atoms in total. The van der Waals surface area contributed by atoms with Gasteiger partial charge in [-0.2, -0.15) is 0 Å². The number of nitrogens with zero attached hydrogens (tertiary/aromatic N) is 2. The third kappa shape index (κ3) is 5.24. The van der Waals surface area contributed by atoms with Gasteiger partial charge in [-0.1, -0.05) is 36.4 Å². The molecule has 4 rings (SSSR count). The Balaban J connectivity index is 1.43. The van der Waals surface area contributed by atoms with Gasteiger partial charge in [-0.25, -0.2) is 9.78 Å². The first kappa shape index (κ1) is 21.8. The largest absolute Gasteiger partial charge is 0.456 e. The van der Waals surface area contributed by atoms with Crippen molar-refractivity contribution >= 4 is 29.3 Å². The van der Waals surface area contributed by atoms with Gasteiger partial charge in [0.05, 0.1) is 11.3 Å². The lowest BCUT2D eigenvalue weighted by molar-refractivity contribution is -0.111. The predicted molar refractivity (Wildman–Crippen MR) is 123 cm³/mol. The monoisotopic (exact) mass is 443 g/mol. The first-order valence-corrected chi connectivity index (χ1v) is 10.2. The molecule has 0 atom stereocenters. The summed E-state index contributed by atoms with van der Waals surface area (Å²) in [6, 6.07) is 17.2. The summed E-state index contributed by atoms with van der Waals surface area (Å²) in [5.74, 6) is -0.377. The van der Waals surface area contributed by atoms with Crippen molar-refractivity contribution in [2.45, 2.75) is 20.5 Å². The van der Waals surface area contributed by atoms with Crippen molar-refractivity contribution < 1.29 is 18.8 Å². The summed E-state index contributed by atoms with van der Waals surface area (Å²) >= 11 is 0. The van der Waals surface area contributed by atoms with E-state index in [1.807, 2.05) is 37.3 Å². The Labute approximate surface area is 189 Å². The summed E-state index contributed by atoms with van der Waals surface area (Å²) in [7, 11) is 0. The maximum Gasteiger partial charge on any atom is 0.338 e. The van der Waals surface area contributed by atoms with E-state index in [-0.39, 0.29) is 18.1 Å². The number of benzene rings is 2. The number of hydrogen-bond donors (Lipinski definition) is 1. The van der Waals surface area contributed by atoms with Gasteiger partial charge in [-0.05, 0) is 43.2 Å². The summed E-state index contributed by atoms with van der Waals surface area (Å²) in [5.41, 5.74) is 2.71. The molecule has 8 heteroatoms. The smallest absolute Gasteiger partial charge is 0.338 e. The quantitative estimate of drug-likeness (QED) is 0.358. The molecule has 33 heavy (non-hydrogen) atoms. The number of hydrogen-bond acceptors (Lipinski definition) is 6. The van der Waals surface area contributed by atoms with E-state index < -0.39 is 11.5 Å². The SMILES string of the molecule is Cc1cc2nc(COC(=O)c3ccc(C)c(NC(=O)/C=C/c4ccccc4)c3)cc(=O)n2o1. The van der Waals surface area contributed by atoms with Crippen molar-refractivity contribution in [3.05, 3.63) is 105 Å². The Morgan fingerprint density at radius 1 is 1.09 bits per heavy atom. The second-order valence-corrected chi connectivity index (χ2v) is 7.42. The molecule has 4 aromatic rings. The van der Waals surface area contributed by atoms with Crippen LogP contribution in [0.5, 0.6) is 0 Å². The van der Waals surface area contributed by atoms with Gasteiger partial charge in [0.1, 0.15) is 12.4 Å². The molecule has 0 aliphatic carbocycles. The van der Waals surface area contributed by atoms with E-state index >= 15 is 0 Å². The Bertz CT molecular complexity index is 1420. The van der Waals surface area contributed by atoms with Gasteiger partial charge >= 0.3 is 5.97 Å². The molecular formula is C25H21N3O5. The molecule has 2 aromatic carbocycles. The van der Waals surface area contributed by atoms with Crippen LogP contribution in [0.2, 0.25) is 0 Å². The highest BCUT2D eigenvalue weighted by Crippen LogP contribution is 2.18. The van der Waals surface area contributed by atoms with Crippen molar-refractivity contribution in [1.82, 2.24) is 9.56 Å². The minimum absolute atomic E-state index is 0.176. The van der Waals surface area contributed by atoms with Crippen LogP contribution in [0.1, 0.15) is 32.9 Å². The number of amides is 1. The Hall–Kier alpha value is -4.46. The minimum Gasteiger partial charge on any atom is -0.456 e. The Morgan fingerprint density at radius 3 is 2.67 bits per heavy atom. The lowest BCUT2D eigenvalue weighted by Gasteiger charge is -2.10. The molecule has 0 fully saturated rings. The minimum atomic E-state index is -0.601. The highest BCUT2D eigenvalue weighted by atomic mass is 16.5. The van der Waals surface area contributed by atoms with Crippen LogP contribution >= 0.6 is 0 Å². The topological polar surface area (TPSA) is 103 Å². The molecule has 0 saturated carbocycles. The standard InChI is InChI=1S/C25H21N3O5/c1-16-8-10-19(13-21(16)27-23(29)11-9-18-6-4-3-5-7-18)25(31)32-15-20-14-24(30)28-22(26-20)12-17(2)33-28/h3-14H,15H2,1-2H3,(H,27,29)/b11-9+. The van der Waals surface area contributed by atoms with Crippen LogP contribution in [0.25, 0.3) is 11.7 Å². The van der Waals surface area contributed by atoms with Gasteiger partial charge in [-0.15, -0.1) is 4.57 Å². The fraction of sp³-hybridized carbons (Fsp3) is 0.120. The van der Waals surface area contributed by atoms with Crippen LogP contribution in [-0.4, -0.2) is 21.4 Å². The molecule has 0 unspecified atom stereocenters. The van der Waals surface area contributed by atoms with E-state index in [2.05, 4.69) is 10.3 Å². The number of ether oxygens (including phenoxy) is 1. The van der Waals surface area contributed by atoms with E-state index in [4.69, 9.17) is 9.26 Å². The molecule has 0 saturated heterocycles. The number of rotatable bonds is 6. The normalized spacial score (nSPS) is 11.1. The second kappa shape index (κ2) is 9.35. The zero-order valence-corrected chi connectivity index (χ0v) is 18.1. The molecule has 0 radical (unpaired) electrons. The molecule has 1 N–H and O–H groups in total. The highest BCUT2D eigenvalue weighted by Gasteiger charge is 2.13. The van der Waals surface area contributed by atoms with E-state index in [9.17, 15) is 14.4 Å². The van der Waals surface area contributed by atoms with E-state index in [0.717, 1.165) is 15.7 Å². The van der Waals surface area contributed by atoms with Crippen LogP contribution in [0.15, 0.2) is 76.1 Å². The first-order valence-electron chi connectivity index (χ1n) is 10.2. The van der Waals surface area contributed by atoms with Crippen molar-refractivity contribution in [1.29, 1.82) is 0 Å². The van der Waals surface area contributed by atoms with Gasteiger partial charge in [0.25, 0.3) is 5.56 Å². The molecule has 0 bridgehead atoms. The summed E-state index contributed by atoms with van der Waals surface area (Å²) in [6.07, 6.45) is 3.13. The maximum atomic E-state index is 12.6. The third-order valence-corrected chi connectivity index (χ3v) is 4.83. The number of fused-ring (bicyclic) bond motifs is 1. The van der Waals surface area contributed by atoms with E-state index in [1.54, 1.807) is 37.3 Å². The summed E-state index contributed by atoms with van der Waals surface area (Å²) in [4.78, 5) is 41.2. The fourth-order valence-corrected chi connectivity index (χ4v) is 3.16. The average molecular weight is 443 g/mol. The molecule has 0 spiro atoms. The molecule has 2 aromatic heterocycles. The summed E-state index contributed by atoms with van der Waals surface area (Å²) in [6.45, 7) is 3.36. The lowest BCUT2D eigenvalue weighted by atomic mass is 10.1. The molecule has 1 amide bonds. The zero-order chi connectivity index (χ0) is 23.4. The molecule has 2 heterocycles. The number of aromatic nitrogens is 2. The van der Waals surface area contributed by atoms with Crippen molar-refractivity contribution in [2.75, 3.05) is 5.32 Å². The van der Waals surface area contributed by atoms with Gasteiger partial charge in [-0.3, -0.25) is 9.59 Å². The number of esters is 1. The van der Waals surface area contributed by atoms with Crippen LogP contribution in [0.3, 0.4) is 0 Å². The number of nitrogens with one attached hydrogen (secondary N) is 1. The Morgan fingerprint density at radius 2 is 1.88 bits per heavy atom. The number of aryl methyl sites for hydroxylation is 2. The first-order chi connectivity index (χ1) is 15.9. The molecule has 0 aliphatic heterocycles. The number of carbonyl (C=O) groups is 2. The van der Waals surface area contributed by atoms with Gasteiger partial charge < -0.3 is 14.6 Å². The highest BCUT2D eigenvalue weighted by molar-refractivity contribution is 6.03. The maximum absolute atomic E-state index is 12.6. The summed E-state index contributed by atoms with van der Waals surface area (Å²) in [5, 5.41) is 2.78.